The van der Waals surface area contributed by atoms with Gasteiger partial charge in [-0.3, -0.25) is 0 Å². The van der Waals surface area contributed by atoms with Crippen molar-refractivity contribution in [3.05, 3.63) is 0 Å². The Bertz CT molecular complexity index is 167. The fourth-order valence-corrected chi connectivity index (χ4v) is 2.00. The molecule has 0 bridgehead atoms. The highest BCUT2D eigenvalue weighted by atomic mass is 16.3. The van der Waals surface area contributed by atoms with Crippen LogP contribution < -0.4 is 5.32 Å². The molecule has 0 spiro atoms. The number of rotatable bonds is 5. The fraction of sp³-hybridized carbons (Fsp3) is 1.00. The summed E-state index contributed by atoms with van der Waals surface area (Å²) >= 11 is 0. The summed E-state index contributed by atoms with van der Waals surface area (Å²) in [5.74, 6) is 0. The highest BCUT2D eigenvalue weighted by molar-refractivity contribution is 4.76. The lowest BCUT2D eigenvalue weighted by molar-refractivity contribution is 0.125. The van der Waals surface area contributed by atoms with E-state index in [0.717, 1.165) is 6.54 Å². The average molecular weight is 215 g/mol. The Labute approximate surface area is 93.2 Å². The third-order valence-corrected chi connectivity index (χ3v) is 2.94. The first-order valence-corrected chi connectivity index (χ1v) is 5.82. The van der Waals surface area contributed by atoms with Gasteiger partial charge in [0, 0.05) is 19.1 Å². The van der Waals surface area contributed by atoms with Gasteiger partial charge in [0.2, 0.25) is 0 Å². The summed E-state index contributed by atoms with van der Waals surface area (Å²) in [5.41, 5.74) is 0. The number of likely N-dealkylation sites (N-methyl/N-ethyl adjacent to an activating group) is 1. The number of aliphatic hydroxyl groups is 1. The predicted molar refractivity (Wildman–Crippen MR) is 63.1 cm³/mol. The monoisotopic (exact) mass is 215 g/mol. The van der Waals surface area contributed by atoms with Gasteiger partial charge in [-0.25, -0.2) is 0 Å². The summed E-state index contributed by atoms with van der Waals surface area (Å²) in [7, 11) is 6.13. The van der Waals surface area contributed by atoms with Gasteiger partial charge in [-0.15, -0.1) is 0 Å². The first-order valence-electron chi connectivity index (χ1n) is 5.82. The Kier molecular flexibility index (Phi) is 5.53. The maximum atomic E-state index is 9.69. The lowest BCUT2D eigenvalue weighted by Gasteiger charge is -2.30. The number of hydrogen-bond acceptors (Lipinski definition) is 4. The van der Waals surface area contributed by atoms with Crippen molar-refractivity contribution < 1.29 is 5.11 Å². The molecule has 2 N–H and O–H groups in total. The first kappa shape index (κ1) is 12.9. The molecule has 4 heteroatoms. The summed E-state index contributed by atoms with van der Waals surface area (Å²) in [6.45, 7) is 3.79. The van der Waals surface area contributed by atoms with E-state index in [2.05, 4.69) is 17.3 Å². The van der Waals surface area contributed by atoms with Gasteiger partial charge in [0.05, 0.1) is 6.10 Å². The molecule has 0 aromatic carbocycles. The summed E-state index contributed by atoms with van der Waals surface area (Å²) in [6.07, 6.45) is 2.15. The van der Waals surface area contributed by atoms with Crippen LogP contribution in [0, 0.1) is 0 Å². The Morgan fingerprint density at radius 2 is 2.00 bits per heavy atom. The second kappa shape index (κ2) is 6.43. The van der Waals surface area contributed by atoms with Crippen LogP contribution in [0.3, 0.4) is 0 Å². The maximum Gasteiger partial charge on any atom is 0.0791 e. The highest BCUT2D eigenvalue weighted by Gasteiger charge is 2.16. The molecule has 1 unspecified atom stereocenters. The Hall–Kier alpha value is -0.160. The van der Waals surface area contributed by atoms with Gasteiger partial charge in [-0.1, -0.05) is 0 Å². The second-order valence-corrected chi connectivity index (χ2v) is 4.90. The molecule has 1 saturated heterocycles. The number of hydrogen-bond donors (Lipinski definition) is 2. The van der Waals surface area contributed by atoms with E-state index < -0.39 is 0 Å². The van der Waals surface area contributed by atoms with Crippen LogP contribution in [-0.2, 0) is 0 Å². The van der Waals surface area contributed by atoms with Crippen LogP contribution in [0.2, 0.25) is 0 Å². The number of nitrogens with zero attached hydrogens (tertiary/aromatic N) is 2. The molecular weight excluding hydrogens is 190 g/mol. The number of likely N-dealkylation sites (tertiary alicyclic amines) is 1. The largest absolute Gasteiger partial charge is 0.390 e. The van der Waals surface area contributed by atoms with E-state index in [1.807, 2.05) is 19.0 Å². The molecule has 0 aromatic heterocycles. The molecule has 1 atom stereocenters. The molecule has 0 aromatic rings. The molecule has 0 amide bonds. The Morgan fingerprint density at radius 1 is 1.40 bits per heavy atom. The van der Waals surface area contributed by atoms with E-state index in [4.69, 9.17) is 0 Å². The topological polar surface area (TPSA) is 38.7 Å². The zero-order valence-corrected chi connectivity index (χ0v) is 10.2. The van der Waals surface area contributed by atoms with Crippen LogP contribution in [0.4, 0.5) is 0 Å². The van der Waals surface area contributed by atoms with Gasteiger partial charge < -0.3 is 20.2 Å². The van der Waals surface area contributed by atoms with Crippen LogP contribution in [-0.4, -0.2) is 74.4 Å². The predicted octanol–water partition coefficient (Wildman–Crippen LogP) is -0.407. The van der Waals surface area contributed by atoms with Crippen LogP contribution in [0.5, 0.6) is 0 Å². The first-order chi connectivity index (χ1) is 7.08. The molecule has 4 nitrogen and oxygen atoms in total. The van der Waals surface area contributed by atoms with Crippen molar-refractivity contribution in [1.82, 2.24) is 15.1 Å². The Morgan fingerprint density at radius 3 is 2.53 bits per heavy atom. The third-order valence-electron chi connectivity index (χ3n) is 2.94. The van der Waals surface area contributed by atoms with Crippen LogP contribution >= 0.6 is 0 Å². The van der Waals surface area contributed by atoms with Gasteiger partial charge in [0.15, 0.2) is 0 Å². The van der Waals surface area contributed by atoms with E-state index >= 15 is 0 Å². The smallest absolute Gasteiger partial charge is 0.0791 e. The lowest BCUT2D eigenvalue weighted by atomic mass is 10.1. The Balaban J connectivity index is 2.09. The van der Waals surface area contributed by atoms with Gasteiger partial charge in [-0.05, 0) is 47.1 Å². The van der Waals surface area contributed by atoms with Crippen LogP contribution in [0.25, 0.3) is 0 Å². The zero-order chi connectivity index (χ0) is 11.3. The van der Waals surface area contributed by atoms with Crippen LogP contribution in [0.15, 0.2) is 0 Å². The second-order valence-electron chi connectivity index (χ2n) is 4.90. The zero-order valence-electron chi connectivity index (χ0n) is 10.2. The van der Waals surface area contributed by atoms with E-state index in [-0.39, 0.29) is 6.10 Å². The highest BCUT2D eigenvalue weighted by Crippen LogP contribution is 2.07. The van der Waals surface area contributed by atoms with Crippen molar-refractivity contribution in [2.45, 2.75) is 25.0 Å². The van der Waals surface area contributed by atoms with Gasteiger partial charge >= 0.3 is 0 Å². The summed E-state index contributed by atoms with van der Waals surface area (Å²) in [4.78, 5) is 4.37. The van der Waals surface area contributed by atoms with Gasteiger partial charge in [-0.2, -0.15) is 0 Å². The lowest BCUT2D eigenvalue weighted by Crippen LogP contribution is -2.45. The van der Waals surface area contributed by atoms with Crippen molar-refractivity contribution in [2.24, 2.45) is 0 Å². The normalized spacial score (nSPS) is 22.2. The maximum absolute atomic E-state index is 9.69. The molecule has 0 radical (unpaired) electrons. The molecular formula is C11H25N3O. The van der Waals surface area contributed by atoms with Crippen molar-refractivity contribution in [3.8, 4) is 0 Å². The van der Waals surface area contributed by atoms with Gasteiger partial charge in [0.1, 0.15) is 0 Å². The van der Waals surface area contributed by atoms with E-state index in [1.54, 1.807) is 0 Å². The van der Waals surface area contributed by atoms with Gasteiger partial charge in [0.25, 0.3) is 0 Å². The number of piperidine rings is 1. The van der Waals surface area contributed by atoms with Crippen molar-refractivity contribution in [3.63, 3.8) is 0 Å². The molecule has 0 aliphatic carbocycles. The summed E-state index contributed by atoms with van der Waals surface area (Å²) in [5, 5.41) is 13.1. The molecule has 0 saturated carbocycles. The van der Waals surface area contributed by atoms with E-state index in [1.165, 1.54) is 25.9 Å². The average Bonchev–Trinajstić information content (AvgIpc) is 2.16. The minimum absolute atomic E-state index is 0.250. The number of nitrogens with one attached hydrogen (secondary N) is 1. The molecule has 1 fully saturated rings. The van der Waals surface area contributed by atoms with Crippen molar-refractivity contribution >= 4 is 0 Å². The molecule has 1 rings (SSSR count). The fourth-order valence-electron chi connectivity index (χ4n) is 2.00. The van der Waals surface area contributed by atoms with Crippen LogP contribution in [0.1, 0.15) is 12.8 Å². The summed E-state index contributed by atoms with van der Waals surface area (Å²) < 4.78 is 0. The van der Waals surface area contributed by atoms with Crippen molar-refractivity contribution in [1.29, 1.82) is 0 Å². The third kappa shape index (κ3) is 5.47. The molecule has 1 aliphatic heterocycles. The standard InChI is InChI=1S/C11H25N3O/c1-13(2)9-11(15)8-12-10-4-6-14(3)7-5-10/h10-12,15H,4-9H2,1-3H3. The number of aliphatic hydroxyl groups excluding tert-OH is 1. The minimum atomic E-state index is -0.250. The molecule has 1 aliphatic rings. The quantitative estimate of drug-likeness (QED) is 0.654. The summed E-state index contributed by atoms with van der Waals surface area (Å²) in [6, 6.07) is 0.595. The molecule has 90 valence electrons. The minimum Gasteiger partial charge on any atom is -0.390 e. The SMILES string of the molecule is CN(C)CC(O)CNC1CCN(C)CC1. The molecule has 1 heterocycles. The van der Waals surface area contributed by atoms with E-state index in [0.29, 0.717) is 12.6 Å². The van der Waals surface area contributed by atoms with E-state index in [9.17, 15) is 5.11 Å². The molecule has 15 heavy (non-hydrogen) atoms. The van der Waals surface area contributed by atoms with Crippen molar-refractivity contribution in [2.75, 3.05) is 47.3 Å².